The molecule has 1 N–H and O–H groups in total. The van der Waals surface area contributed by atoms with Gasteiger partial charge in [-0.25, -0.2) is 4.63 Å². The van der Waals surface area contributed by atoms with Crippen molar-refractivity contribution >= 4 is 23.3 Å². The molecule has 0 aliphatic rings. The first-order chi connectivity index (χ1) is 12.0. The fourth-order valence-corrected chi connectivity index (χ4v) is 2.50. The molecule has 0 saturated carbocycles. The lowest BCUT2D eigenvalue weighted by molar-refractivity contribution is -0.118. The molecule has 1 aromatic heterocycles. The predicted octanol–water partition coefficient (Wildman–Crippen LogP) is 4.02. The van der Waals surface area contributed by atoms with E-state index in [-0.39, 0.29) is 18.3 Å². The number of ether oxygens (including phenoxy) is 1. The lowest BCUT2D eigenvalue weighted by Gasteiger charge is -2.08. The summed E-state index contributed by atoms with van der Waals surface area (Å²) in [5, 5.41) is 10.8. The van der Waals surface area contributed by atoms with Crippen LogP contribution in [0.5, 0.6) is 5.75 Å². The van der Waals surface area contributed by atoms with Gasteiger partial charge in [0.05, 0.1) is 5.02 Å². The average Bonchev–Trinajstić information content (AvgIpc) is 3.04. The number of hydrogen-bond acceptors (Lipinski definition) is 5. The lowest BCUT2D eigenvalue weighted by Crippen LogP contribution is -2.20. The molecule has 2 aromatic carbocycles. The number of para-hydroxylation sites is 1. The molecule has 0 spiro atoms. The summed E-state index contributed by atoms with van der Waals surface area (Å²) in [6.45, 7) is 3.73. The van der Waals surface area contributed by atoms with E-state index in [1.54, 1.807) is 24.3 Å². The maximum absolute atomic E-state index is 12.1. The highest BCUT2D eigenvalue weighted by Gasteiger charge is 2.17. The number of nitrogens with one attached hydrogen (secondary N) is 1. The third kappa shape index (κ3) is 3.97. The van der Waals surface area contributed by atoms with E-state index in [0.717, 1.165) is 16.7 Å². The molecule has 1 amide bonds. The number of carbonyl (C=O) groups excluding carboxylic acids is 1. The van der Waals surface area contributed by atoms with Crippen LogP contribution in [0.25, 0.3) is 11.3 Å². The highest BCUT2D eigenvalue weighted by molar-refractivity contribution is 6.32. The molecule has 7 heteroatoms. The Morgan fingerprint density at radius 1 is 1.20 bits per heavy atom. The minimum atomic E-state index is -0.387. The van der Waals surface area contributed by atoms with E-state index in [4.69, 9.17) is 21.0 Å². The normalized spacial score (nSPS) is 10.5. The quantitative estimate of drug-likeness (QED) is 0.746. The minimum absolute atomic E-state index is 0.206. The summed E-state index contributed by atoms with van der Waals surface area (Å²) in [6, 6.07) is 12.9. The topological polar surface area (TPSA) is 77.3 Å². The van der Waals surface area contributed by atoms with Crippen molar-refractivity contribution in [1.82, 2.24) is 10.3 Å². The van der Waals surface area contributed by atoms with Crippen LogP contribution in [-0.2, 0) is 4.79 Å². The first-order valence-corrected chi connectivity index (χ1v) is 8.00. The zero-order valence-electron chi connectivity index (χ0n) is 13.7. The Bertz CT molecular complexity index is 908. The zero-order chi connectivity index (χ0) is 17.8. The molecule has 128 valence electrons. The van der Waals surface area contributed by atoms with E-state index in [1.165, 1.54) is 0 Å². The average molecular weight is 358 g/mol. The van der Waals surface area contributed by atoms with Gasteiger partial charge in [-0.2, -0.15) is 0 Å². The molecule has 0 unspecified atom stereocenters. The van der Waals surface area contributed by atoms with Crippen LogP contribution in [0.2, 0.25) is 5.02 Å². The molecule has 0 radical (unpaired) electrons. The van der Waals surface area contributed by atoms with E-state index < -0.39 is 0 Å². The summed E-state index contributed by atoms with van der Waals surface area (Å²) >= 11 is 5.99. The largest absolute Gasteiger partial charge is 0.482 e. The molecule has 3 aromatic rings. The van der Waals surface area contributed by atoms with Crippen molar-refractivity contribution < 1.29 is 14.2 Å². The van der Waals surface area contributed by atoms with Crippen molar-refractivity contribution in [3.8, 4) is 17.0 Å². The van der Waals surface area contributed by atoms with Crippen molar-refractivity contribution in [2.24, 2.45) is 0 Å². The van der Waals surface area contributed by atoms with Crippen molar-refractivity contribution in [2.75, 3.05) is 11.9 Å². The third-order valence-electron chi connectivity index (χ3n) is 3.59. The highest BCUT2D eigenvalue weighted by Crippen LogP contribution is 2.28. The fourth-order valence-electron chi connectivity index (χ4n) is 2.31. The van der Waals surface area contributed by atoms with Gasteiger partial charge in [-0.1, -0.05) is 41.4 Å². The van der Waals surface area contributed by atoms with Crippen molar-refractivity contribution in [2.45, 2.75) is 13.8 Å². The summed E-state index contributed by atoms with van der Waals surface area (Å²) in [6.07, 6.45) is 0. The molecule has 0 aliphatic heterocycles. The first kappa shape index (κ1) is 17.0. The summed E-state index contributed by atoms with van der Waals surface area (Å²) in [5.74, 6) is 0.302. The second-order valence-electron chi connectivity index (χ2n) is 5.55. The number of aryl methyl sites for hydroxylation is 2. The van der Waals surface area contributed by atoms with Gasteiger partial charge in [0.1, 0.15) is 5.75 Å². The maximum atomic E-state index is 12.1. The number of aromatic nitrogens is 2. The molecule has 0 saturated heterocycles. The molecule has 0 bridgehead atoms. The Kier molecular flexibility index (Phi) is 5.00. The number of nitrogens with zero attached hydrogens (tertiary/aromatic N) is 2. The Morgan fingerprint density at radius 3 is 2.80 bits per heavy atom. The van der Waals surface area contributed by atoms with Gasteiger partial charge >= 0.3 is 0 Å². The second-order valence-corrected chi connectivity index (χ2v) is 5.95. The lowest BCUT2D eigenvalue weighted by atomic mass is 10.0. The number of halogens is 1. The third-order valence-corrected chi connectivity index (χ3v) is 3.90. The number of hydrogen-bond donors (Lipinski definition) is 1. The summed E-state index contributed by atoms with van der Waals surface area (Å²) in [7, 11) is 0. The summed E-state index contributed by atoms with van der Waals surface area (Å²) in [4.78, 5) is 12.1. The SMILES string of the molecule is Cc1ccc(C)c(-c2nonc2NC(=O)COc2ccccc2Cl)c1. The van der Waals surface area contributed by atoms with Crippen LogP contribution in [0.3, 0.4) is 0 Å². The summed E-state index contributed by atoms with van der Waals surface area (Å²) in [5.41, 5.74) is 3.41. The molecular formula is C18H16ClN3O3. The van der Waals surface area contributed by atoms with Crippen LogP contribution in [-0.4, -0.2) is 22.8 Å². The van der Waals surface area contributed by atoms with E-state index in [2.05, 4.69) is 15.6 Å². The van der Waals surface area contributed by atoms with Gasteiger partial charge in [0.25, 0.3) is 5.91 Å². The monoisotopic (exact) mass is 357 g/mol. The van der Waals surface area contributed by atoms with Crippen molar-refractivity contribution in [1.29, 1.82) is 0 Å². The smallest absolute Gasteiger partial charge is 0.263 e. The molecule has 0 aliphatic carbocycles. The van der Waals surface area contributed by atoms with Crippen molar-refractivity contribution in [3.63, 3.8) is 0 Å². The van der Waals surface area contributed by atoms with Crippen LogP contribution in [0.4, 0.5) is 5.82 Å². The van der Waals surface area contributed by atoms with Crippen LogP contribution < -0.4 is 10.1 Å². The number of amides is 1. The van der Waals surface area contributed by atoms with Gasteiger partial charge in [0.15, 0.2) is 12.3 Å². The first-order valence-electron chi connectivity index (χ1n) is 7.62. The predicted molar refractivity (Wildman–Crippen MR) is 94.8 cm³/mol. The van der Waals surface area contributed by atoms with E-state index in [9.17, 15) is 4.79 Å². The fraction of sp³-hybridized carbons (Fsp3) is 0.167. The van der Waals surface area contributed by atoms with Crippen molar-refractivity contribution in [3.05, 3.63) is 58.6 Å². The van der Waals surface area contributed by atoms with E-state index in [1.807, 2.05) is 32.0 Å². The zero-order valence-corrected chi connectivity index (χ0v) is 14.5. The standard InChI is InChI=1S/C18H16ClN3O3/c1-11-7-8-12(2)13(9-11)17-18(22-25-21-17)20-16(23)10-24-15-6-4-3-5-14(15)19/h3-9H,10H2,1-2H3,(H,20,22,23). The minimum Gasteiger partial charge on any atom is -0.482 e. The molecule has 6 nitrogen and oxygen atoms in total. The molecule has 0 atom stereocenters. The molecular weight excluding hydrogens is 342 g/mol. The van der Waals surface area contributed by atoms with Gasteiger partial charge in [-0.05, 0) is 47.9 Å². The molecule has 3 rings (SSSR count). The van der Waals surface area contributed by atoms with Gasteiger partial charge in [0, 0.05) is 5.56 Å². The highest BCUT2D eigenvalue weighted by atomic mass is 35.5. The van der Waals surface area contributed by atoms with E-state index in [0.29, 0.717) is 16.5 Å². The van der Waals surface area contributed by atoms with Gasteiger partial charge in [0.2, 0.25) is 5.82 Å². The number of anilines is 1. The van der Waals surface area contributed by atoms with Crippen LogP contribution in [0, 0.1) is 13.8 Å². The Morgan fingerprint density at radius 2 is 2.00 bits per heavy atom. The molecule has 1 heterocycles. The number of benzene rings is 2. The van der Waals surface area contributed by atoms with Gasteiger partial charge < -0.3 is 10.1 Å². The Hall–Kier alpha value is -2.86. The van der Waals surface area contributed by atoms with Gasteiger partial charge in [-0.3, -0.25) is 4.79 Å². The van der Waals surface area contributed by atoms with Gasteiger partial charge in [-0.15, -0.1) is 0 Å². The van der Waals surface area contributed by atoms with Crippen LogP contribution >= 0.6 is 11.6 Å². The number of rotatable bonds is 5. The summed E-state index contributed by atoms with van der Waals surface area (Å²) < 4.78 is 10.2. The maximum Gasteiger partial charge on any atom is 0.263 e. The van der Waals surface area contributed by atoms with Crippen LogP contribution in [0.1, 0.15) is 11.1 Å². The Labute approximate surface area is 149 Å². The Balaban J connectivity index is 1.72. The second kappa shape index (κ2) is 7.36. The van der Waals surface area contributed by atoms with E-state index >= 15 is 0 Å². The number of carbonyl (C=O) groups is 1. The molecule has 0 fully saturated rings. The molecule has 25 heavy (non-hydrogen) atoms. The van der Waals surface area contributed by atoms with Crippen LogP contribution in [0.15, 0.2) is 47.1 Å².